The van der Waals surface area contributed by atoms with Gasteiger partial charge in [0.1, 0.15) is 5.82 Å². The number of fused-ring (bicyclic) bond motifs is 2. The molecule has 2 aliphatic rings. The van der Waals surface area contributed by atoms with Crippen LogP contribution in [-0.4, -0.2) is 15.8 Å². The molecular weight excluding hydrogens is 375 g/mol. The molecule has 0 saturated heterocycles. The van der Waals surface area contributed by atoms with Crippen molar-refractivity contribution in [3.05, 3.63) is 57.8 Å². The normalized spacial score (nSPS) is 18.4. The lowest BCUT2D eigenvalue weighted by atomic mass is 9.70. The highest BCUT2D eigenvalue weighted by atomic mass is 19.4. The van der Waals surface area contributed by atoms with Gasteiger partial charge in [-0.25, -0.2) is 4.98 Å². The zero-order valence-corrected chi connectivity index (χ0v) is 14.7. The monoisotopic (exact) mass is 391 g/mol. The number of hydrogen-bond donors (Lipinski definition) is 0. The summed E-state index contributed by atoms with van der Waals surface area (Å²) in [6, 6.07) is 6.24. The Morgan fingerprint density at radius 2 is 1.82 bits per heavy atom. The highest BCUT2D eigenvalue weighted by Gasteiger charge is 2.52. The molecule has 1 amide bonds. The second kappa shape index (κ2) is 6.29. The number of non-ortho nitro benzene ring substituents is 1. The maximum Gasteiger partial charge on any atom is 0.417 e. The summed E-state index contributed by atoms with van der Waals surface area (Å²) in [5.74, 6) is -0.203. The van der Waals surface area contributed by atoms with Crippen LogP contribution in [0.15, 0.2) is 36.5 Å². The molecule has 1 saturated carbocycles. The van der Waals surface area contributed by atoms with Gasteiger partial charge in [-0.05, 0) is 36.6 Å². The average molecular weight is 391 g/mol. The number of amides is 1. The van der Waals surface area contributed by atoms with Gasteiger partial charge >= 0.3 is 6.18 Å². The lowest BCUT2D eigenvalue weighted by molar-refractivity contribution is -0.384. The fourth-order valence-corrected chi connectivity index (χ4v) is 4.21. The van der Waals surface area contributed by atoms with Crippen molar-refractivity contribution in [3.8, 4) is 0 Å². The van der Waals surface area contributed by atoms with Crippen molar-refractivity contribution in [2.24, 2.45) is 0 Å². The van der Waals surface area contributed by atoms with E-state index in [1.807, 2.05) is 0 Å². The first-order valence-electron chi connectivity index (χ1n) is 8.91. The molecule has 9 heteroatoms. The number of benzene rings is 1. The summed E-state index contributed by atoms with van der Waals surface area (Å²) < 4.78 is 38.5. The van der Waals surface area contributed by atoms with Crippen molar-refractivity contribution < 1.29 is 22.9 Å². The number of alkyl halides is 3. The maximum absolute atomic E-state index is 13.4. The molecule has 0 unspecified atom stereocenters. The van der Waals surface area contributed by atoms with Gasteiger partial charge in [0, 0.05) is 18.3 Å². The molecule has 0 atom stereocenters. The molecule has 2 aromatic rings. The van der Waals surface area contributed by atoms with E-state index in [1.165, 1.54) is 23.1 Å². The Balaban J connectivity index is 1.84. The first kappa shape index (κ1) is 18.4. The van der Waals surface area contributed by atoms with E-state index in [0.29, 0.717) is 30.3 Å². The fourth-order valence-electron chi connectivity index (χ4n) is 4.21. The number of nitrogens with zero attached hydrogens (tertiary/aromatic N) is 3. The van der Waals surface area contributed by atoms with Crippen LogP contribution < -0.4 is 4.90 Å². The minimum atomic E-state index is -4.52. The van der Waals surface area contributed by atoms with Crippen LogP contribution in [0.5, 0.6) is 0 Å². The van der Waals surface area contributed by atoms with Gasteiger partial charge in [-0.2, -0.15) is 13.2 Å². The number of halogens is 3. The first-order valence-corrected chi connectivity index (χ1v) is 8.91. The van der Waals surface area contributed by atoms with Crippen LogP contribution in [0.1, 0.15) is 43.2 Å². The summed E-state index contributed by atoms with van der Waals surface area (Å²) in [6.45, 7) is 0. The van der Waals surface area contributed by atoms with Gasteiger partial charge in [0.15, 0.2) is 0 Å². The topological polar surface area (TPSA) is 76.3 Å². The molecule has 1 spiro atoms. The lowest BCUT2D eigenvalue weighted by Gasteiger charge is -2.32. The molecule has 0 N–H and O–H groups in total. The Kier molecular flexibility index (Phi) is 4.13. The maximum atomic E-state index is 13.4. The summed E-state index contributed by atoms with van der Waals surface area (Å²) >= 11 is 0. The largest absolute Gasteiger partial charge is 0.417 e. The standard InChI is InChI=1S/C19H16F3N3O3/c20-19(21,22)12-4-7-16(23-11-12)24-15-6-5-13(25(27)28)10-14(15)18(17(24)26)8-2-1-3-9-18/h4-7,10-11H,1-3,8-9H2. The summed E-state index contributed by atoms with van der Waals surface area (Å²) in [6.07, 6.45) is -0.139. The molecule has 2 heterocycles. The summed E-state index contributed by atoms with van der Waals surface area (Å²) in [7, 11) is 0. The van der Waals surface area contributed by atoms with Gasteiger partial charge in [0.05, 0.1) is 21.6 Å². The van der Waals surface area contributed by atoms with Gasteiger partial charge in [0.25, 0.3) is 5.69 Å². The van der Waals surface area contributed by atoms with Crippen molar-refractivity contribution in [1.82, 2.24) is 4.98 Å². The number of carbonyl (C=O) groups is 1. The number of nitro benzene ring substituents is 1. The van der Waals surface area contributed by atoms with Gasteiger partial charge in [-0.15, -0.1) is 0 Å². The van der Waals surface area contributed by atoms with E-state index < -0.39 is 22.1 Å². The summed E-state index contributed by atoms with van der Waals surface area (Å²) in [5, 5.41) is 11.2. The predicted octanol–water partition coefficient (Wildman–Crippen LogP) is 4.89. The summed E-state index contributed by atoms with van der Waals surface area (Å²) in [5.41, 5.74) is -0.889. The van der Waals surface area contributed by atoms with Crippen molar-refractivity contribution in [3.63, 3.8) is 0 Å². The molecule has 1 fully saturated rings. The number of carbonyl (C=O) groups excluding carboxylic acids is 1. The molecule has 1 aliphatic carbocycles. The Morgan fingerprint density at radius 3 is 2.39 bits per heavy atom. The summed E-state index contributed by atoms with van der Waals surface area (Å²) in [4.78, 5) is 29.3. The van der Waals surface area contributed by atoms with E-state index in [2.05, 4.69) is 4.98 Å². The van der Waals surface area contributed by atoms with Crippen LogP contribution in [0, 0.1) is 10.1 Å². The number of pyridine rings is 1. The average Bonchev–Trinajstić information content (AvgIpc) is 2.90. The Labute approximate surface area is 158 Å². The number of hydrogen-bond acceptors (Lipinski definition) is 4. The van der Waals surface area contributed by atoms with E-state index in [1.54, 1.807) is 0 Å². The molecule has 0 bridgehead atoms. The minimum absolute atomic E-state index is 0.0792. The zero-order chi connectivity index (χ0) is 20.1. The first-order chi connectivity index (χ1) is 13.2. The Bertz CT molecular complexity index is 951. The van der Waals surface area contributed by atoms with E-state index in [-0.39, 0.29) is 17.4 Å². The van der Waals surface area contributed by atoms with E-state index >= 15 is 0 Å². The number of nitro groups is 1. The minimum Gasteiger partial charge on any atom is -0.273 e. The number of rotatable bonds is 2. The third-order valence-corrected chi connectivity index (χ3v) is 5.57. The molecule has 4 rings (SSSR count). The third kappa shape index (κ3) is 2.73. The second-order valence-electron chi connectivity index (χ2n) is 7.14. The van der Waals surface area contributed by atoms with Gasteiger partial charge in [-0.3, -0.25) is 19.8 Å². The van der Waals surface area contributed by atoms with Gasteiger partial charge in [0.2, 0.25) is 5.91 Å². The van der Waals surface area contributed by atoms with Crippen LogP contribution in [0.2, 0.25) is 0 Å². The highest BCUT2D eigenvalue weighted by Crippen LogP contribution is 2.53. The number of anilines is 2. The van der Waals surface area contributed by atoms with Crippen molar-refractivity contribution in [2.45, 2.75) is 43.7 Å². The number of aromatic nitrogens is 1. The molecule has 6 nitrogen and oxygen atoms in total. The van der Waals surface area contributed by atoms with Crippen LogP contribution in [0.25, 0.3) is 0 Å². The van der Waals surface area contributed by atoms with Crippen LogP contribution in [-0.2, 0) is 16.4 Å². The highest BCUT2D eigenvalue weighted by molar-refractivity contribution is 6.12. The molecule has 1 aromatic carbocycles. The van der Waals surface area contributed by atoms with E-state index in [0.717, 1.165) is 31.4 Å². The van der Waals surface area contributed by atoms with Crippen molar-refractivity contribution >= 4 is 23.1 Å². The zero-order valence-electron chi connectivity index (χ0n) is 14.7. The van der Waals surface area contributed by atoms with Crippen molar-refractivity contribution in [1.29, 1.82) is 0 Å². The van der Waals surface area contributed by atoms with Crippen LogP contribution in [0.3, 0.4) is 0 Å². The lowest BCUT2D eigenvalue weighted by Crippen LogP contribution is -2.40. The van der Waals surface area contributed by atoms with E-state index in [9.17, 15) is 28.1 Å². The van der Waals surface area contributed by atoms with E-state index in [4.69, 9.17) is 0 Å². The predicted molar refractivity (Wildman–Crippen MR) is 94.2 cm³/mol. The molecule has 1 aromatic heterocycles. The van der Waals surface area contributed by atoms with Crippen LogP contribution in [0.4, 0.5) is 30.4 Å². The molecule has 0 radical (unpaired) electrons. The molecule has 146 valence electrons. The van der Waals surface area contributed by atoms with Crippen molar-refractivity contribution in [2.75, 3.05) is 4.90 Å². The van der Waals surface area contributed by atoms with Crippen LogP contribution >= 0.6 is 0 Å². The molecule has 1 aliphatic heterocycles. The van der Waals surface area contributed by atoms with Gasteiger partial charge in [-0.1, -0.05) is 19.3 Å². The van der Waals surface area contributed by atoms with Gasteiger partial charge < -0.3 is 0 Å². The smallest absolute Gasteiger partial charge is 0.273 e. The third-order valence-electron chi connectivity index (χ3n) is 5.57. The Morgan fingerprint density at radius 1 is 1.11 bits per heavy atom. The fraction of sp³-hybridized carbons (Fsp3) is 0.368. The Hall–Kier alpha value is -2.97. The molecular formula is C19H16F3N3O3. The molecule has 28 heavy (non-hydrogen) atoms. The quantitative estimate of drug-likeness (QED) is 0.540. The second-order valence-corrected chi connectivity index (χ2v) is 7.14. The SMILES string of the molecule is O=C1N(c2ccc(C(F)(F)F)cn2)c2ccc([N+](=O)[O-])cc2C12CCCCC2.